The van der Waals surface area contributed by atoms with E-state index >= 15 is 0 Å². The summed E-state index contributed by atoms with van der Waals surface area (Å²) in [5.74, 6) is 0.344. The van der Waals surface area contributed by atoms with Gasteiger partial charge < -0.3 is 9.88 Å². The maximum atomic E-state index is 13.1. The van der Waals surface area contributed by atoms with Gasteiger partial charge in [0.05, 0.1) is 6.54 Å². The van der Waals surface area contributed by atoms with Crippen molar-refractivity contribution in [2.75, 3.05) is 5.32 Å². The van der Waals surface area contributed by atoms with Gasteiger partial charge >= 0.3 is 0 Å². The normalized spacial score (nSPS) is 11.2. The molecule has 0 saturated heterocycles. The van der Waals surface area contributed by atoms with Crippen LogP contribution in [0.5, 0.6) is 0 Å². The van der Waals surface area contributed by atoms with Gasteiger partial charge in [-0.2, -0.15) is 5.10 Å². The summed E-state index contributed by atoms with van der Waals surface area (Å²) < 4.78 is 4.15. The molecule has 0 aliphatic heterocycles. The molecule has 0 radical (unpaired) electrons. The standard InChI is InChI=1S/C29H27ClN4O/c1-19-15-28(32-34(19)18-24-11-7-8-12-26(24)30)31-29(35)23-13-14-27-25(16-23)20(2)21(3)33(27)17-22-9-5-4-6-10-22/h4-16H,17-18H2,1-3H3,(H,31,32,35). The number of halogens is 1. The van der Waals surface area contributed by atoms with Gasteiger partial charge in [-0.15, -0.1) is 0 Å². The summed E-state index contributed by atoms with van der Waals surface area (Å²) in [5, 5.41) is 9.32. The molecule has 6 heteroatoms. The molecule has 1 N–H and O–H groups in total. The Morgan fingerprint density at radius 1 is 0.914 bits per heavy atom. The molecule has 176 valence electrons. The molecule has 2 heterocycles. The molecule has 35 heavy (non-hydrogen) atoms. The number of hydrogen-bond acceptors (Lipinski definition) is 2. The van der Waals surface area contributed by atoms with Crippen LogP contribution < -0.4 is 5.32 Å². The molecule has 0 aliphatic rings. The second kappa shape index (κ2) is 9.43. The van der Waals surface area contributed by atoms with Gasteiger partial charge in [0.25, 0.3) is 5.91 Å². The van der Waals surface area contributed by atoms with Crippen LogP contribution in [0.4, 0.5) is 5.82 Å². The average molecular weight is 483 g/mol. The number of anilines is 1. The molecule has 0 atom stereocenters. The lowest BCUT2D eigenvalue weighted by atomic mass is 10.1. The van der Waals surface area contributed by atoms with Crippen molar-refractivity contribution < 1.29 is 4.79 Å². The molecule has 2 aromatic heterocycles. The van der Waals surface area contributed by atoms with Crippen LogP contribution in [0.1, 0.15) is 38.4 Å². The monoisotopic (exact) mass is 482 g/mol. The van der Waals surface area contributed by atoms with Gasteiger partial charge in [-0.25, -0.2) is 0 Å². The second-order valence-electron chi connectivity index (χ2n) is 8.89. The maximum Gasteiger partial charge on any atom is 0.256 e. The summed E-state index contributed by atoms with van der Waals surface area (Å²) in [7, 11) is 0. The van der Waals surface area contributed by atoms with Crippen molar-refractivity contribution in [3.8, 4) is 0 Å². The first-order chi connectivity index (χ1) is 16.9. The molecule has 0 aliphatic carbocycles. The number of hydrogen-bond donors (Lipinski definition) is 1. The number of nitrogens with zero attached hydrogens (tertiary/aromatic N) is 3. The van der Waals surface area contributed by atoms with E-state index in [1.54, 1.807) is 0 Å². The Hall–Kier alpha value is -3.83. The number of rotatable bonds is 6. The van der Waals surface area contributed by atoms with Gasteiger partial charge in [-0.3, -0.25) is 9.48 Å². The van der Waals surface area contributed by atoms with Crippen molar-refractivity contribution in [1.29, 1.82) is 0 Å². The van der Waals surface area contributed by atoms with Crippen LogP contribution in [0.2, 0.25) is 5.02 Å². The molecule has 0 unspecified atom stereocenters. The fourth-order valence-corrected chi connectivity index (χ4v) is 4.66. The first-order valence-electron chi connectivity index (χ1n) is 11.6. The van der Waals surface area contributed by atoms with E-state index in [2.05, 4.69) is 53.1 Å². The van der Waals surface area contributed by atoms with Gasteiger partial charge in [0.2, 0.25) is 0 Å². The Labute approximate surface area is 210 Å². The average Bonchev–Trinajstić information content (AvgIpc) is 3.32. The lowest BCUT2D eigenvalue weighted by Crippen LogP contribution is -2.13. The lowest BCUT2D eigenvalue weighted by Gasteiger charge is -2.09. The minimum Gasteiger partial charge on any atom is -0.340 e. The molecule has 5 nitrogen and oxygen atoms in total. The third kappa shape index (κ3) is 4.60. The zero-order valence-electron chi connectivity index (χ0n) is 20.0. The topological polar surface area (TPSA) is 51.9 Å². The predicted molar refractivity (Wildman–Crippen MR) is 142 cm³/mol. The van der Waals surface area contributed by atoms with E-state index < -0.39 is 0 Å². The zero-order chi connectivity index (χ0) is 24.5. The molecular weight excluding hydrogens is 456 g/mol. The number of amides is 1. The number of benzene rings is 3. The smallest absolute Gasteiger partial charge is 0.256 e. The van der Waals surface area contributed by atoms with Crippen LogP contribution in [-0.2, 0) is 13.1 Å². The van der Waals surface area contributed by atoms with Crippen molar-refractivity contribution in [1.82, 2.24) is 14.3 Å². The molecular formula is C29H27ClN4O. The molecule has 3 aromatic carbocycles. The quantitative estimate of drug-likeness (QED) is 0.290. The van der Waals surface area contributed by atoms with E-state index in [1.807, 2.05) is 66.2 Å². The summed E-state index contributed by atoms with van der Waals surface area (Å²) >= 11 is 6.30. The van der Waals surface area contributed by atoms with Crippen LogP contribution in [-0.4, -0.2) is 20.3 Å². The molecule has 0 saturated carbocycles. The molecule has 0 spiro atoms. The predicted octanol–water partition coefficient (Wildman–Crippen LogP) is 6.77. The highest BCUT2D eigenvalue weighted by molar-refractivity contribution is 6.31. The van der Waals surface area contributed by atoms with Gasteiger partial charge in [-0.1, -0.05) is 60.1 Å². The first-order valence-corrected chi connectivity index (χ1v) is 12.0. The highest BCUT2D eigenvalue weighted by atomic mass is 35.5. The van der Waals surface area contributed by atoms with Crippen molar-refractivity contribution in [3.05, 3.63) is 118 Å². The maximum absolute atomic E-state index is 13.1. The fraction of sp³-hybridized carbons (Fsp3) is 0.172. The number of carbonyl (C=O) groups excluding carboxylic acids is 1. The number of aromatic nitrogens is 3. The Balaban J connectivity index is 1.38. The summed E-state index contributed by atoms with van der Waals surface area (Å²) in [6, 6.07) is 25.9. The summed E-state index contributed by atoms with van der Waals surface area (Å²) in [6.45, 7) is 7.55. The van der Waals surface area contributed by atoms with Gasteiger partial charge in [0, 0.05) is 45.5 Å². The van der Waals surface area contributed by atoms with Gasteiger partial charge in [0.15, 0.2) is 5.82 Å². The highest BCUT2D eigenvalue weighted by Crippen LogP contribution is 2.28. The third-order valence-corrected chi connectivity index (χ3v) is 6.95. The van der Waals surface area contributed by atoms with E-state index in [-0.39, 0.29) is 5.91 Å². The summed E-state index contributed by atoms with van der Waals surface area (Å²) in [5.41, 5.74) is 7.29. The zero-order valence-corrected chi connectivity index (χ0v) is 20.8. The molecule has 5 rings (SSSR count). The van der Waals surface area contributed by atoms with Crippen LogP contribution >= 0.6 is 11.6 Å². The van der Waals surface area contributed by atoms with Crippen LogP contribution in [0, 0.1) is 20.8 Å². The largest absolute Gasteiger partial charge is 0.340 e. The van der Waals surface area contributed by atoms with E-state index in [1.165, 1.54) is 16.8 Å². The number of fused-ring (bicyclic) bond motifs is 1. The highest BCUT2D eigenvalue weighted by Gasteiger charge is 2.16. The Bertz CT molecular complexity index is 1530. The third-order valence-electron chi connectivity index (χ3n) is 6.59. The van der Waals surface area contributed by atoms with Crippen LogP contribution in [0.15, 0.2) is 78.9 Å². The number of nitrogens with one attached hydrogen (secondary N) is 1. The van der Waals surface area contributed by atoms with E-state index in [4.69, 9.17) is 11.6 Å². The molecule has 5 aromatic rings. The van der Waals surface area contributed by atoms with Gasteiger partial charge in [0.1, 0.15) is 0 Å². The fourth-order valence-electron chi connectivity index (χ4n) is 4.47. The minimum absolute atomic E-state index is 0.179. The van der Waals surface area contributed by atoms with E-state index in [0.717, 1.165) is 28.7 Å². The van der Waals surface area contributed by atoms with Gasteiger partial charge in [-0.05, 0) is 61.7 Å². The van der Waals surface area contributed by atoms with Crippen molar-refractivity contribution in [3.63, 3.8) is 0 Å². The van der Waals surface area contributed by atoms with Crippen molar-refractivity contribution >= 4 is 34.2 Å². The summed E-state index contributed by atoms with van der Waals surface area (Å²) in [4.78, 5) is 13.1. The minimum atomic E-state index is -0.179. The summed E-state index contributed by atoms with van der Waals surface area (Å²) in [6.07, 6.45) is 0. The Kier molecular flexibility index (Phi) is 6.18. The number of carbonyl (C=O) groups is 1. The van der Waals surface area contributed by atoms with Crippen LogP contribution in [0.25, 0.3) is 10.9 Å². The van der Waals surface area contributed by atoms with E-state index in [0.29, 0.717) is 22.9 Å². The van der Waals surface area contributed by atoms with E-state index in [9.17, 15) is 4.79 Å². The van der Waals surface area contributed by atoms with Crippen LogP contribution in [0.3, 0.4) is 0 Å². The van der Waals surface area contributed by atoms with Crippen molar-refractivity contribution in [2.45, 2.75) is 33.9 Å². The van der Waals surface area contributed by atoms with Crippen molar-refractivity contribution in [2.24, 2.45) is 0 Å². The molecule has 0 fully saturated rings. The Morgan fingerprint density at radius 2 is 1.66 bits per heavy atom. The lowest BCUT2D eigenvalue weighted by molar-refractivity contribution is 0.102. The SMILES string of the molecule is Cc1c(C)n(Cc2ccccc2)c2ccc(C(=O)Nc3cc(C)n(Cc4ccccc4Cl)n3)cc12. The Morgan fingerprint density at radius 3 is 2.43 bits per heavy atom. The first kappa shape index (κ1) is 22.9. The number of aryl methyl sites for hydroxylation is 2. The molecule has 1 amide bonds. The molecule has 0 bridgehead atoms. The second-order valence-corrected chi connectivity index (χ2v) is 9.30.